The van der Waals surface area contributed by atoms with Crippen molar-refractivity contribution in [2.45, 2.75) is 51.4 Å². The number of aliphatic hydroxyl groups is 1. The molecule has 158 valence electrons. The van der Waals surface area contributed by atoms with Gasteiger partial charge in [-0.05, 0) is 69.0 Å². The fraction of sp³-hybridized carbons (Fsp3) is 0.500. The molecule has 1 aliphatic heterocycles. The van der Waals surface area contributed by atoms with E-state index in [4.69, 9.17) is 16.3 Å². The third kappa shape index (κ3) is 6.36. The largest absolute Gasteiger partial charge is 0.491 e. The zero-order valence-electron chi connectivity index (χ0n) is 17.8. The van der Waals surface area contributed by atoms with Crippen molar-refractivity contribution in [2.75, 3.05) is 31.6 Å². The lowest BCUT2D eigenvalue weighted by atomic mass is 9.88. The Morgan fingerprint density at radius 3 is 2.38 bits per heavy atom. The Labute approximate surface area is 180 Å². The number of piperidine rings is 1. The maximum Gasteiger partial charge on any atom is 0.119 e. The predicted octanol–water partition coefficient (Wildman–Crippen LogP) is 4.98. The fourth-order valence-corrected chi connectivity index (χ4v) is 4.00. The van der Waals surface area contributed by atoms with Crippen LogP contribution < -0.4 is 9.64 Å². The molecule has 4 nitrogen and oxygen atoms in total. The van der Waals surface area contributed by atoms with Crippen molar-refractivity contribution in [3.8, 4) is 5.75 Å². The van der Waals surface area contributed by atoms with E-state index in [1.807, 2.05) is 44.2 Å². The summed E-state index contributed by atoms with van der Waals surface area (Å²) in [5.41, 5.74) is 1.71. The summed E-state index contributed by atoms with van der Waals surface area (Å²) in [6, 6.07) is 16.2. The average molecular weight is 417 g/mol. The highest BCUT2D eigenvalue weighted by molar-refractivity contribution is 6.31. The van der Waals surface area contributed by atoms with Crippen molar-refractivity contribution in [1.82, 2.24) is 4.90 Å². The van der Waals surface area contributed by atoms with Crippen LogP contribution in [0.1, 0.15) is 38.7 Å². The van der Waals surface area contributed by atoms with Crippen molar-refractivity contribution in [2.24, 2.45) is 0 Å². The van der Waals surface area contributed by atoms with Crippen molar-refractivity contribution in [1.29, 1.82) is 0 Å². The van der Waals surface area contributed by atoms with Gasteiger partial charge in [-0.3, -0.25) is 4.90 Å². The van der Waals surface area contributed by atoms with Gasteiger partial charge in [-0.2, -0.15) is 0 Å². The third-order valence-electron chi connectivity index (χ3n) is 5.70. The van der Waals surface area contributed by atoms with E-state index < -0.39 is 5.60 Å². The van der Waals surface area contributed by atoms with Crippen molar-refractivity contribution in [3.63, 3.8) is 0 Å². The second kappa shape index (κ2) is 9.84. The predicted molar refractivity (Wildman–Crippen MR) is 121 cm³/mol. The molecule has 0 aliphatic carbocycles. The van der Waals surface area contributed by atoms with Crippen molar-refractivity contribution in [3.05, 3.63) is 59.1 Å². The number of likely N-dealkylation sites (tertiary alicyclic amines) is 1. The molecular weight excluding hydrogens is 384 g/mol. The van der Waals surface area contributed by atoms with E-state index in [1.54, 1.807) is 0 Å². The molecule has 0 amide bonds. The minimum atomic E-state index is -0.591. The maximum atomic E-state index is 11.0. The molecule has 1 saturated heterocycles. The van der Waals surface area contributed by atoms with Gasteiger partial charge in [0.1, 0.15) is 5.75 Å². The standard InChI is InChI=1S/C24H33ClN2O2/c1-19(2)29-22-10-8-21(9-11-22)26(3)15-12-24(28)13-16-27(17-14-24)18-20-6-4-5-7-23(20)25/h4-11,19,28H,12-18H2,1-3H3. The summed E-state index contributed by atoms with van der Waals surface area (Å²) in [6.07, 6.45) is 2.55. The molecule has 1 fully saturated rings. The van der Waals surface area contributed by atoms with Crippen LogP contribution in [0.25, 0.3) is 0 Å². The van der Waals surface area contributed by atoms with E-state index in [1.165, 1.54) is 0 Å². The number of anilines is 1. The topological polar surface area (TPSA) is 35.9 Å². The van der Waals surface area contributed by atoms with Crippen molar-refractivity contribution < 1.29 is 9.84 Å². The first-order valence-electron chi connectivity index (χ1n) is 10.5. The minimum absolute atomic E-state index is 0.177. The summed E-state index contributed by atoms with van der Waals surface area (Å²) in [4.78, 5) is 4.58. The van der Waals surface area contributed by atoms with Gasteiger partial charge in [0.05, 0.1) is 11.7 Å². The quantitative estimate of drug-likeness (QED) is 0.658. The van der Waals surface area contributed by atoms with Gasteiger partial charge in [0.2, 0.25) is 0 Å². The van der Waals surface area contributed by atoms with Gasteiger partial charge < -0.3 is 14.7 Å². The van der Waals surface area contributed by atoms with Gasteiger partial charge in [-0.15, -0.1) is 0 Å². The summed E-state index contributed by atoms with van der Waals surface area (Å²) in [5, 5.41) is 11.9. The van der Waals surface area contributed by atoms with Crippen LogP contribution in [0.3, 0.4) is 0 Å². The summed E-state index contributed by atoms with van der Waals surface area (Å²) < 4.78 is 5.71. The summed E-state index contributed by atoms with van der Waals surface area (Å²) >= 11 is 6.29. The van der Waals surface area contributed by atoms with Gasteiger partial charge in [-0.1, -0.05) is 29.8 Å². The first kappa shape index (κ1) is 21.9. The Morgan fingerprint density at radius 1 is 1.10 bits per heavy atom. The van der Waals surface area contributed by atoms with E-state index in [9.17, 15) is 5.11 Å². The Balaban J connectivity index is 1.46. The van der Waals surface area contributed by atoms with E-state index in [-0.39, 0.29) is 6.10 Å². The van der Waals surface area contributed by atoms with E-state index >= 15 is 0 Å². The van der Waals surface area contributed by atoms with Gasteiger partial charge in [0.15, 0.2) is 0 Å². The van der Waals surface area contributed by atoms with Crippen molar-refractivity contribution >= 4 is 17.3 Å². The van der Waals surface area contributed by atoms with Gasteiger partial charge in [0, 0.05) is 43.9 Å². The van der Waals surface area contributed by atoms with Crippen LogP contribution in [-0.4, -0.2) is 48.4 Å². The summed E-state index contributed by atoms with van der Waals surface area (Å²) in [7, 11) is 2.08. The van der Waals surface area contributed by atoms with E-state index in [0.717, 1.165) is 67.5 Å². The van der Waals surface area contributed by atoms with Crippen LogP contribution in [0.15, 0.2) is 48.5 Å². The second-order valence-electron chi connectivity index (χ2n) is 8.42. The summed E-state index contributed by atoms with van der Waals surface area (Å²) in [5.74, 6) is 0.890. The molecule has 0 radical (unpaired) electrons. The molecule has 0 saturated carbocycles. The molecule has 0 aromatic heterocycles. The van der Waals surface area contributed by atoms with Gasteiger partial charge in [0.25, 0.3) is 0 Å². The Bertz CT molecular complexity index is 771. The first-order chi connectivity index (χ1) is 13.8. The number of hydrogen-bond donors (Lipinski definition) is 1. The molecule has 2 aromatic carbocycles. The number of benzene rings is 2. The first-order valence-corrected chi connectivity index (χ1v) is 10.9. The highest BCUT2D eigenvalue weighted by atomic mass is 35.5. The lowest BCUT2D eigenvalue weighted by Gasteiger charge is -2.39. The number of hydrogen-bond acceptors (Lipinski definition) is 4. The highest BCUT2D eigenvalue weighted by Gasteiger charge is 2.32. The molecule has 5 heteroatoms. The number of rotatable bonds is 8. The maximum absolute atomic E-state index is 11.0. The highest BCUT2D eigenvalue weighted by Crippen LogP contribution is 2.29. The third-order valence-corrected chi connectivity index (χ3v) is 6.07. The molecule has 0 bridgehead atoms. The molecule has 1 heterocycles. The lowest BCUT2D eigenvalue weighted by molar-refractivity contribution is -0.0275. The molecule has 1 N–H and O–H groups in total. The summed E-state index contributed by atoms with van der Waals surface area (Å²) in [6.45, 7) is 7.52. The van der Waals surface area contributed by atoms with Crippen LogP contribution in [0.5, 0.6) is 5.75 Å². The SMILES string of the molecule is CC(C)Oc1ccc(N(C)CCC2(O)CCN(Cc3ccccc3Cl)CC2)cc1. The smallest absolute Gasteiger partial charge is 0.119 e. The van der Waals surface area contributed by atoms with Crippen LogP contribution in [-0.2, 0) is 6.54 Å². The van der Waals surface area contributed by atoms with Crippen LogP contribution in [0.2, 0.25) is 5.02 Å². The van der Waals surface area contributed by atoms with E-state index in [0.29, 0.717) is 0 Å². The number of halogens is 1. The number of nitrogens with zero attached hydrogens (tertiary/aromatic N) is 2. The van der Waals surface area contributed by atoms with Gasteiger partial charge in [-0.25, -0.2) is 0 Å². The van der Waals surface area contributed by atoms with Crippen LogP contribution in [0, 0.1) is 0 Å². The Hall–Kier alpha value is -1.75. The zero-order chi connectivity index (χ0) is 20.9. The van der Waals surface area contributed by atoms with Gasteiger partial charge >= 0.3 is 0 Å². The molecule has 29 heavy (non-hydrogen) atoms. The number of ether oxygens (including phenoxy) is 1. The fourth-order valence-electron chi connectivity index (χ4n) is 3.80. The normalized spacial score (nSPS) is 16.8. The molecule has 1 aliphatic rings. The molecule has 0 spiro atoms. The molecular formula is C24H33ClN2O2. The molecule has 3 rings (SSSR count). The average Bonchev–Trinajstić information content (AvgIpc) is 2.70. The second-order valence-corrected chi connectivity index (χ2v) is 8.83. The van der Waals surface area contributed by atoms with Crippen LogP contribution in [0.4, 0.5) is 5.69 Å². The van der Waals surface area contributed by atoms with E-state index in [2.05, 4.69) is 35.0 Å². The molecule has 0 atom stereocenters. The monoisotopic (exact) mass is 416 g/mol. The minimum Gasteiger partial charge on any atom is -0.491 e. The van der Waals surface area contributed by atoms with Crippen LogP contribution >= 0.6 is 11.6 Å². The molecule has 2 aromatic rings. The zero-order valence-corrected chi connectivity index (χ0v) is 18.5. The molecule has 0 unspecified atom stereocenters. The Morgan fingerprint density at radius 2 is 1.76 bits per heavy atom. The Kier molecular flexibility index (Phi) is 7.44. The lowest BCUT2D eigenvalue weighted by Crippen LogP contribution is -2.45.